The number of aromatic nitrogens is 5. The van der Waals surface area contributed by atoms with E-state index >= 15 is 0 Å². The number of hydrogen-bond acceptors (Lipinski definition) is 8. The molecular weight excluding hydrogens is 318 g/mol. The molecule has 0 spiro atoms. The van der Waals surface area contributed by atoms with E-state index in [1.807, 2.05) is 19.1 Å². The van der Waals surface area contributed by atoms with Crippen molar-refractivity contribution in [1.82, 2.24) is 30.0 Å². The van der Waals surface area contributed by atoms with Gasteiger partial charge in [-0.1, -0.05) is 12.1 Å². The predicted octanol–water partition coefficient (Wildman–Crippen LogP) is 1.85. The zero-order valence-electron chi connectivity index (χ0n) is 14.5. The highest BCUT2D eigenvalue weighted by molar-refractivity contribution is 5.71. The molecule has 0 bridgehead atoms. The van der Waals surface area contributed by atoms with Gasteiger partial charge in [0, 0.05) is 45.0 Å². The van der Waals surface area contributed by atoms with Crippen molar-refractivity contribution in [3.63, 3.8) is 0 Å². The molecule has 3 aromatic heterocycles. The van der Waals surface area contributed by atoms with Gasteiger partial charge in [-0.25, -0.2) is 9.97 Å². The van der Waals surface area contributed by atoms with Crippen LogP contribution in [0, 0.1) is 0 Å². The number of piperazine rings is 1. The molecule has 4 heterocycles. The number of pyridine rings is 1. The lowest BCUT2D eigenvalue weighted by Gasteiger charge is -2.37. The number of fused-ring (bicyclic) bond motifs is 1. The van der Waals surface area contributed by atoms with Crippen molar-refractivity contribution in [3.8, 4) is 0 Å². The molecule has 0 saturated carbocycles. The Hall–Kier alpha value is -2.61. The summed E-state index contributed by atoms with van der Waals surface area (Å²) in [6.07, 6.45) is 4.15. The van der Waals surface area contributed by atoms with Gasteiger partial charge in [-0.2, -0.15) is 4.98 Å². The highest BCUT2D eigenvalue weighted by Crippen LogP contribution is 2.22. The highest BCUT2D eigenvalue weighted by atomic mass is 16.5. The van der Waals surface area contributed by atoms with E-state index in [1.54, 1.807) is 12.4 Å². The van der Waals surface area contributed by atoms with E-state index in [0.717, 1.165) is 49.8 Å². The molecule has 4 rings (SSSR count). The summed E-state index contributed by atoms with van der Waals surface area (Å²) in [5.41, 5.74) is 1.51. The van der Waals surface area contributed by atoms with Crippen LogP contribution in [-0.4, -0.2) is 56.2 Å². The van der Waals surface area contributed by atoms with Gasteiger partial charge in [0.1, 0.15) is 11.3 Å². The van der Waals surface area contributed by atoms with Crippen molar-refractivity contribution in [3.05, 3.63) is 36.2 Å². The van der Waals surface area contributed by atoms with Crippen LogP contribution in [0.2, 0.25) is 0 Å². The zero-order chi connectivity index (χ0) is 17.2. The maximum Gasteiger partial charge on any atom is 0.243 e. The molecule has 1 fully saturated rings. The Balaban J connectivity index is 1.43. The van der Waals surface area contributed by atoms with Crippen molar-refractivity contribution in [1.29, 1.82) is 0 Å². The fraction of sp³-hybridized carbons (Fsp3) is 0.471. The Morgan fingerprint density at radius 2 is 1.88 bits per heavy atom. The van der Waals surface area contributed by atoms with Crippen LogP contribution in [0.4, 0.5) is 5.82 Å². The molecular formula is C17H21N7O. The van der Waals surface area contributed by atoms with Crippen LogP contribution in [0.3, 0.4) is 0 Å². The molecule has 1 aliphatic rings. The number of aryl methyl sites for hydroxylation is 1. The number of hydrogen-bond donors (Lipinski definition) is 0. The van der Waals surface area contributed by atoms with E-state index in [-0.39, 0.29) is 6.04 Å². The van der Waals surface area contributed by atoms with Crippen LogP contribution in [-0.2, 0) is 6.42 Å². The summed E-state index contributed by atoms with van der Waals surface area (Å²) < 4.78 is 5.39. The second-order valence-electron chi connectivity index (χ2n) is 6.17. The normalized spacial score (nSPS) is 17.1. The summed E-state index contributed by atoms with van der Waals surface area (Å²) >= 11 is 0. The number of anilines is 1. The number of nitrogens with zero attached hydrogens (tertiary/aromatic N) is 7. The van der Waals surface area contributed by atoms with Crippen molar-refractivity contribution >= 4 is 17.0 Å². The first-order valence-corrected chi connectivity index (χ1v) is 8.64. The van der Waals surface area contributed by atoms with Crippen LogP contribution in [0.15, 0.2) is 29.0 Å². The summed E-state index contributed by atoms with van der Waals surface area (Å²) in [7, 11) is 0. The smallest absolute Gasteiger partial charge is 0.243 e. The summed E-state index contributed by atoms with van der Waals surface area (Å²) in [5.74, 6) is 2.41. The third-order valence-electron chi connectivity index (χ3n) is 4.66. The van der Waals surface area contributed by atoms with Crippen LogP contribution in [0.1, 0.15) is 31.6 Å². The largest absolute Gasteiger partial charge is 0.354 e. The van der Waals surface area contributed by atoms with Crippen molar-refractivity contribution < 1.29 is 4.52 Å². The minimum Gasteiger partial charge on any atom is -0.354 e. The standard InChI is InChI=1S/C17H21N7O/c1-3-14-20-17(25-22-14)12(2)23-8-10-24(11-9-23)15-5-4-13-16(21-15)19-7-6-18-13/h4-7,12H,3,8-11H2,1-2H3. The lowest BCUT2D eigenvalue weighted by atomic mass is 10.2. The van der Waals surface area contributed by atoms with Crippen molar-refractivity contribution in [2.45, 2.75) is 26.3 Å². The summed E-state index contributed by atoms with van der Waals surface area (Å²) in [6, 6.07) is 4.12. The topological polar surface area (TPSA) is 84.1 Å². The SMILES string of the molecule is CCc1noc(C(C)N2CCN(c3ccc4nccnc4n3)CC2)n1. The Morgan fingerprint density at radius 1 is 1.08 bits per heavy atom. The lowest BCUT2D eigenvalue weighted by molar-refractivity contribution is 0.164. The van der Waals surface area contributed by atoms with Crippen LogP contribution in [0.25, 0.3) is 11.2 Å². The Kier molecular flexibility index (Phi) is 4.27. The first-order valence-electron chi connectivity index (χ1n) is 8.64. The zero-order valence-corrected chi connectivity index (χ0v) is 14.5. The molecule has 0 aliphatic carbocycles. The molecule has 1 atom stereocenters. The molecule has 0 N–H and O–H groups in total. The molecule has 8 heteroatoms. The monoisotopic (exact) mass is 339 g/mol. The Bertz CT molecular complexity index is 857. The molecule has 1 aliphatic heterocycles. The lowest BCUT2D eigenvalue weighted by Crippen LogP contribution is -2.47. The van der Waals surface area contributed by atoms with E-state index in [9.17, 15) is 0 Å². The first-order chi connectivity index (χ1) is 12.2. The molecule has 8 nitrogen and oxygen atoms in total. The molecule has 0 aromatic carbocycles. The average Bonchev–Trinajstić information content (AvgIpc) is 3.16. The van der Waals surface area contributed by atoms with Crippen LogP contribution < -0.4 is 4.90 Å². The minimum atomic E-state index is 0.130. The van der Waals surface area contributed by atoms with E-state index in [4.69, 9.17) is 4.52 Å². The highest BCUT2D eigenvalue weighted by Gasteiger charge is 2.26. The molecule has 0 amide bonds. The molecule has 1 unspecified atom stereocenters. The maximum atomic E-state index is 5.39. The molecule has 0 radical (unpaired) electrons. The summed E-state index contributed by atoms with van der Waals surface area (Å²) in [5, 5.41) is 4.00. The van der Waals surface area contributed by atoms with Gasteiger partial charge < -0.3 is 9.42 Å². The van der Waals surface area contributed by atoms with Gasteiger partial charge in [0.25, 0.3) is 0 Å². The van der Waals surface area contributed by atoms with Gasteiger partial charge in [-0.3, -0.25) is 9.88 Å². The first kappa shape index (κ1) is 15.9. The van der Waals surface area contributed by atoms with Gasteiger partial charge >= 0.3 is 0 Å². The van der Waals surface area contributed by atoms with Crippen molar-refractivity contribution in [2.75, 3.05) is 31.1 Å². The van der Waals surface area contributed by atoms with Crippen LogP contribution >= 0.6 is 0 Å². The maximum absolute atomic E-state index is 5.39. The van der Waals surface area contributed by atoms with Gasteiger partial charge in [0.05, 0.1) is 6.04 Å². The minimum absolute atomic E-state index is 0.130. The van der Waals surface area contributed by atoms with Crippen LogP contribution in [0.5, 0.6) is 0 Å². The fourth-order valence-corrected chi connectivity index (χ4v) is 3.10. The van der Waals surface area contributed by atoms with E-state index in [2.05, 4.69) is 41.8 Å². The third kappa shape index (κ3) is 3.17. The van der Waals surface area contributed by atoms with Gasteiger partial charge in [0.15, 0.2) is 11.5 Å². The molecule has 25 heavy (non-hydrogen) atoms. The van der Waals surface area contributed by atoms with E-state index in [1.165, 1.54) is 0 Å². The Labute approximate surface area is 145 Å². The summed E-state index contributed by atoms with van der Waals surface area (Å²) in [4.78, 5) is 22.3. The molecule has 1 saturated heterocycles. The van der Waals surface area contributed by atoms with Crippen molar-refractivity contribution in [2.24, 2.45) is 0 Å². The predicted molar refractivity (Wildman–Crippen MR) is 93.2 cm³/mol. The number of rotatable bonds is 4. The molecule has 3 aromatic rings. The van der Waals surface area contributed by atoms with Gasteiger partial charge in [0.2, 0.25) is 5.89 Å². The second-order valence-corrected chi connectivity index (χ2v) is 6.17. The van der Waals surface area contributed by atoms with E-state index < -0.39 is 0 Å². The molecule has 130 valence electrons. The average molecular weight is 339 g/mol. The van der Waals surface area contributed by atoms with E-state index in [0.29, 0.717) is 11.5 Å². The quantitative estimate of drug-likeness (QED) is 0.712. The third-order valence-corrected chi connectivity index (χ3v) is 4.66. The fourth-order valence-electron chi connectivity index (χ4n) is 3.10. The second kappa shape index (κ2) is 6.72. The van der Waals surface area contributed by atoms with Gasteiger partial charge in [-0.05, 0) is 19.1 Å². The van der Waals surface area contributed by atoms with Gasteiger partial charge in [-0.15, -0.1) is 0 Å². The summed E-state index contributed by atoms with van der Waals surface area (Å²) in [6.45, 7) is 7.79. The Morgan fingerprint density at radius 3 is 2.64 bits per heavy atom.